The smallest absolute Gasteiger partial charge is 0.410 e. The van der Waals surface area contributed by atoms with E-state index in [9.17, 15) is 9.59 Å². The summed E-state index contributed by atoms with van der Waals surface area (Å²) in [5.74, 6) is 0.349. The van der Waals surface area contributed by atoms with Crippen LogP contribution in [0.4, 0.5) is 4.79 Å². The molecule has 0 fully saturated rings. The number of rotatable bonds is 7. The summed E-state index contributed by atoms with van der Waals surface area (Å²) in [6.45, 7) is 9.91. The molecule has 4 aromatic carbocycles. The Balaban J connectivity index is 1.57. The summed E-state index contributed by atoms with van der Waals surface area (Å²) in [4.78, 5) is 28.2. The summed E-state index contributed by atoms with van der Waals surface area (Å²) in [6, 6.07) is 27.8. The maximum absolute atomic E-state index is 13.8. The molecule has 0 saturated heterocycles. The first-order valence-corrected chi connectivity index (χ1v) is 14.8. The molecule has 1 heterocycles. The van der Waals surface area contributed by atoms with Crippen LogP contribution in [0.2, 0.25) is 0 Å². The average molecular weight is 578 g/mol. The molecule has 0 aromatic heterocycles. The number of benzene rings is 4. The number of amides is 1. The van der Waals surface area contributed by atoms with Crippen LogP contribution in [-0.4, -0.2) is 42.3 Å². The Labute approximate surface area is 253 Å². The van der Waals surface area contributed by atoms with Crippen molar-refractivity contribution in [2.75, 3.05) is 13.7 Å². The van der Waals surface area contributed by atoms with Gasteiger partial charge in [-0.2, -0.15) is 0 Å². The molecule has 1 aliphatic heterocycles. The highest BCUT2D eigenvalue weighted by molar-refractivity contribution is 5.94. The number of carbonyl (C=O) groups is 2. The minimum absolute atomic E-state index is 0.258. The van der Waals surface area contributed by atoms with Crippen molar-refractivity contribution in [2.45, 2.75) is 58.8 Å². The van der Waals surface area contributed by atoms with E-state index in [-0.39, 0.29) is 18.6 Å². The minimum Gasteiger partial charge on any atom is -0.484 e. The Kier molecular flexibility index (Phi) is 8.58. The van der Waals surface area contributed by atoms with Crippen molar-refractivity contribution in [2.24, 2.45) is 0 Å². The van der Waals surface area contributed by atoms with Gasteiger partial charge in [-0.15, -0.1) is 0 Å². The van der Waals surface area contributed by atoms with Gasteiger partial charge >= 0.3 is 12.1 Å². The Morgan fingerprint density at radius 3 is 2.42 bits per heavy atom. The molecule has 0 unspecified atom stereocenters. The van der Waals surface area contributed by atoms with Crippen LogP contribution in [0.5, 0.6) is 5.75 Å². The summed E-state index contributed by atoms with van der Waals surface area (Å²) in [5, 5.41) is 2.20. The van der Waals surface area contributed by atoms with Crippen molar-refractivity contribution in [3.63, 3.8) is 0 Å². The molecule has 1 amide bonds. The lowest BCUT2D eigenvalue weighted by Gasteiger charge is -2.35. The predicted octanol–water partition coefficient (Wildman–Crippen LogP) is 8.38. The molecule has 0 radical (unpaired) electrons. The monoisotopic (exact) mass is 577 g/mol. The molecule has 0 spiro atoms. The van der Waals surface area contributed by atoms with E-state index < -0.39 is 17.8 Å². The van der Waals surface area contributed by atoms with E-state index in [0.717, 1.165) is 38.6 Å². The summed E-state index contributed by atoms with van der Waals surface area (Å²) < 4.78 is 17.5. The largest absolute Gasteiger partial charge is 0.484 e. The molecule has 222 valence electrons. The number of methoxy groups -OCH3 is 1. The van der Waals surface area contributed by atoms with Crippen molar-refractivity contribution in [1.82, 2.24) is 4.90 Å². The van der Waals surface area contributed by atoms with Gasteiger partial charge < -0.3 is 14.2 Å². The normalized spacial score (nSPS) is 15.1. The van der Waals surface area contributed by atoms with Gasteiger partial charge in [-0.3, -0.25) is 4.90 Å². The maximum atomic E-state index is 13.8. The fourth-order valence-electron chi connectivity index (χ4n) is 5.65. The molecule has 0 N–H and O–H groups in total. The third kappa shape index (κ3) is 6.43. The first-order valence-electron chi connectivity index (χ1n) is 14.8. The lowest BCUT2D eigenvalue weighted by Crippen LogP contribution is -2.44. The molecular formula is C37H39NO5. The van der Waals surface area contributed by atoms with Crippen LogP contribution in [0.1, 0.15) is 73.3 Å². The van der Waals surface area contributed by atoms with Crippen molar-refractivity contribution in [3.05, 3.63) is 119 Å². The van der Waals surface area contributed by atoms with E-state index in [2.05, 4.69) is 24.3 Å². The maximum Gasteiger partial charge on any atom is 0.410 e. The van der Waals surface area contributed by atoms with Crippen molar-refractivity contribution in [1.29, 1.82) is 0 Å². The van der Waals surface area contributed by atoms with Gasteiger partial charge in [0, 0.05) is 5.56 Å². The number of fused-ring (bicyclic) bond motifs is 2. The number of ether oxygens (including phenoxy) is 3. The van der Waals surface area contributed by atoms with Crippen molar-refractivity contribution >= 4 is 28.4 Å². The minimum atomic E-state index is -0.667. The third-order valence-corrected chi connectivity index (χ3v) is 7.76. The highest BCUT2D eigenvalue weighted by atomic mass is 16.6. The average Bonchev–Trinajstić information content (AvgIpc) is 3.01. The Hall–Kier alpha value is -4.58. The first-order chi connectivity index (χ1) is 20.6. The first kappa shape index (κ1) is 29.9. The lowest BCUT2D eigenvalue weighted by atomic mass is 9.90. The zero-order valence-electron chi connectivity index (χ0n) is 25.7. The fraction of sp³-hybridized carbons (Fsp3) is 0.297. The van der Waals surface area contributed by atoms with Gasteiger partial charge in [0.15, 0.2) is 0 Å². The van der Waals surface area contributed by atoms with Gasteiger partial charge in [0.25, 0.3) is 0 Å². The van der Waals surface area contributed by atoms with Crippen LogP contribution in [0.25, 0.3) is 16.3 Å². The lowest BCUT2D eigenvalue weighted by molar-refractivity contribution is 0.0110. The number of hydrogen-bond acceptors (Lipinski definition) is 5. The van der Waals surface area contributed by atoms with E-state index in [0.29, 0.717) is 17.7 Å². The van der Waals surface area contributed by atoms with Crippen LogP contribution in [0, 0.1) is 0 Å². The topological polar surface area (TPSA) is 65.1 Å². The number of esters is 1. The van der Waals surface area contributed by atoms with Crippen LogP contribution in [0.3, 0.4) is 0 Å². The third-order valence-electron chi connectivity index (χ3n) is 7.76. The van der Waals surface area contributed by atoms with E-state index in [1.807, 2.05) is 101 Å². The molecule has 0 saturated carbocycles. The van der Waals surface area contributed by atoms with Gasteiger partial charge in [-0.25, -0.2) is 9.59 Å². The number of aryl methyl sites for hydroxylation is 1. The highest BCUT2D eigenvalue weighted by Gasteiger charge is 2.32. The quantitative estimate of drug-likeness (QED) is 0.207. The molecule has 0 aliphatic carbocycles. The van der Waals surface area contributed by atoms with E-state index in [1.165, 1.54) is 7.11 Å². The van der Waals surface area contributed by atoms with Gasteiger partial charge in [0.2, 0.25) is 0 Å². The summed E-state index contributed by atoms with van der Waals surface area (Å²) >= 11 is 0. The zero-order chi connectivity index (χ0) is 30.7. The van der Waals surface area contributed by atoms with Gasteiger partial charge in [-0.05, 0) is 85.4 Å². The number of para-hydroxylation sites is 1. The molecule has 4 aromatic rings. The van der Waals surface area contributed by atoms with Crippen LogP contribution >= 0.6 is 0 Å². The summed E-state index contributed by atoms with van der Waals surface area (Å²) in [7, 11) is 1.40. The molecule has 5 rings (SSSR count). The number of carbonyl (C=O) groups excluding carboxylic acids is 2. The van der Waals surface area contributed by atoms with Crippen molar-refractivity contribution in [3.8, 4) is 5.75 Å². The van der Waals surface area contributed by atoms with Crippen LogP contribution in [-0.2, 0) is 15.9 Å². The molecule has 6 heteroatoms. The van der Waals surface area contributed by atoms with Gasteiger partial charge in [0.05, 0.1) is 25.3 Å². The number of hydrogen-bond donors (Lipinski definition) is 0. The predicted molar refractivity (Wildman–Crippen MR) is 170 cm³/mol. The van der Waals surface area contributed by atoms with Gasteiger partial charge in [-0.1, -0.05) is 79.7 Å². The zero-order valence-corrected chi connectivity index (χ0v) is 25.7. The van der Waals surface area contributed by atoms with Crippen molar-refractivity contribution < 1.29 is 23.8 Å². The SMILES string of the molecule is CCc1ccc(C2=C[C@H](CN(C(=O)OC(C)(C)C)[C@H](C)c3cccc4ccccc34)Oc3ccccc32)cc1C(=O)OC. The molecule has 1 aliphatic rings. The van der Waals surface area contributed by atoms with Crippen LogP contribution in [0.15, 0.2) is 91.0 Å². The van der Waals surface area contributed by atoms with Crippen LogP contribution < -0.4 is 4.74 Å². The second-order valence-corrected chi connectivity index (χ2v) is 11.8. The summed E-state index contributed by atoms with van der Waals surface area (Å²) in [6.07, 6.45) is 1.87. The highest BCUT2D eigenvalue weighted by Crippen LogP contribution is 2.38. The molecule has 43 heavy (non-hydrogen) atoms. The fourth-order valence-corrected chi connectivity index (χ4v) is 5.65. The molecule has 0 bridgehead atoms. The van der Waals surface area contributed by atoms with Gasteiger partial charge in [0.1, 0.15) is 17.5 Å². The Morgan fingerprint density at radius 1 is 0.953 bits per heavy atom. The molecule has 2 atom stereocenters. The van der Waals surface area contributed by atoms with E-state index in [1.54, 1.807) is 4.90 Å². The second-order valence-electron chi connectivity index (χ2n) is 11.8. The molecule has 6 nitrogen and oxygen atoms in total. The summed E-state index contributed by atoms with van der Waals surface area (Å²) in [5.41, 5.74) is 4.56. The Morgan fingerprint density at radius 2 is 1.67 bits per heavy atom. The Bertz CT molecular complexity index is 1680. The number of nitrogens with zero attached hydrogens (tertiary/aromatic N) is 1. The standard InChI is InChI=1S/C37H39NO5/c1-7-25-19-20-27(21-33(25)35(39)41-6)32-22-28(42-34-18-11-10-16-31(32)34)23-38(36(40)43-37(3,4)5)24(2)29-17-12-14-26-13-8-9-15-30(26)29/h8-22,24,28H,7,23H2,1-6H3/t24-,28-/m1/s1. The van der Waals surface area contributed by atoms with E-state index in [4.69, 9.17) is 14.2 Å². The molecular weight excluding hydrogens is 538 g/mol. The second kappa shape index (κ2) is 12.3. The van der Waals surface area contributed by atoms with E-state index >= 15 is 0 Å².